The minimum atomic E-state index is -3.74. The molecule has 0 spiro atoms. The van der Waals surface area contributed by atoms with Crippen LogP contribution in [0.4, 0.5) is 0 Å². The van der Waals surface area contributed by atoms with Gasteiger partial charge in [0.05, 0.1) is 10.9 Å². The second-order valence-corrected chi connectivity index (χ2v) is 8.23. The summed E-state index contributed by atoms with van der Waals surface area (Å²) in [5, 5.41) is 3.44. The maximum atomic E-state index is 12.6. The molecule has 2 aromatic carbocycles. The van der Waals surface area contributed by atoms with Gasteiger partial charge < -0.3 is 5.32 Å². The quantitative estimate of drug-likeness (QED) is 0.777. The van der Waals surface area contributed by atoms with Crippen LogP contribution in [0.5, 0.6) is 0 Å². The Bertz CT molecular complexity index is 834. The van der Waals surface area contributed by atoms with Crippen molar-refractivity contribution in [1.29, 1.82) is 0 Å². The van der Waals surface area contributed by atoms with Crippen molar-refractivity contribution in [3.8, 4) is 0 Å². The molecule has 0 heterocycles. The Morgan fingerprint density at radius 3 is 2.32 bits per heavy atom. The molecule has 1 saturated carbocycles. The van der Waals surface area contributed by atoms with Gasteiger partial charge in [-0.25, -0.2) is 13.1 Å². The Morgan fingerprint density at radius 2 is 1.72 bits per heavy atom. The fourth-order valence-corrected chi connectivity index (χ4v) is 3.85. The first-order chi connectivity index (χ1) is 11.9. The molecule has 0 bridgehead atoms. The molecule has 0 radical (unpaired) electrons. The summed E-state index contributed by atoms with van der Waals surface area (Å²) < 4.78 is 27.9. The molecule has 25 heavy (non-hydrogen) atoms. The summed E-state index contributed by atoms with van der Waals surface area (Å²) in [7, 11) is -3.74. The van der Waals surface area contributed by atoms with Gasteiger partial charge in [-0.3, -0.25) is 4.79 Å². The molecule has 132 valence electrons. The number of nitrogens with one attached hydrogen (secondary N) is 2. The van der Waals surface area contributed by atoms with Gasteiger partial charge in [-0.2, -0.15) is 0 Å². The van der Waals surface area contributed by atoms with E-state index < -0.39 is 16.1 Å². The number of benzene rings is 2. The van der Waals surface area contributed by atoms with Crippen LogP contribution in [0.15, 0.2) is 59.5 Å². The van der Waals surface area contributed by atoms with E-state index in [-0.39, 0.29) is 23.3 Å². The lowest BCUT2D eigenvalue weighted by Gasteiger charge is -2.19. The fourth-order valence-electron chi connectivity index (χ4n) is 2.48. The molecular formula is C18H19ClN2O3S. The highest BCUT2D eigenvalue weighted by Gasteiger charge is 2.27. The smallest absolute Gasteiger partial charge is 0.241 e. The summed E-state index contributed by atoms with van der Waals surface area (Å²) in [6.07, 6.45) is 1.99. The summed E-state index contributed by atoms with van der Waals surface area (Å²) in [5.74, 6) is -0.168. The molecule has 2 aromatic rings. The van der Waals surface area contributed by atoms with E-state index >= 15 is 0 Å². The highest BCUT2D eigenvalue weighted by atomic mass is 35.5. The van der Waals surface area contributed by atoms with Gasteiger partial charge in [-0.15, -0.1) is 0 Å². The van der Waals surface area contributed by atoms with E-state index in [1.165, 1.54) is 12.1 Å². The number of hydrogen-bond acceptors (Lipinski definition) is 3. The molecule has 1 fully saturated rings. The van der Waals surface area contributed by atoms with Crippen molar-refractivity contribution in [3.05, 3.63) is 65.2 Å². The third-order valence-corrected chi connectivity index (χ3v) is 5.69. The van der Waals surface area contributed by atoms with E-state index in [0.717, 1.165) is 12.8 Å². The van der Waals surface area contributed by atoms with Crippen LogP contribution < -0.4 is 10.0 Å². The van der Waals surface area contributed by atoms with Crippen LogP contribution in [0.25, 0.3) is 0 Å². The van der Waals surface area contributed by atoms with Crippen LogP contribution in [-0.4, -0.2) is 20.4 Å². The first kappa shape index (κ1) is 17.9. The molecule has 1 amide bonds. The zero-order valence-electron chi connectivity index (χ0n) is 13.5. The molecule has 5 nitrogen and oxygen atoms in total. The Kier molecular flexibility index (Phi) is 5.42. The predicted octanol–water partition coefficient (Wildman–Crippen LogP) is 3.03. The molecule has 0 aromatic heterocycles. The SMILES string of the molecule is O=C(C[C@H](NS(=O)(=O)c1ccccc1)c1ccc(Cl)cc1)NC1CC1. The minimum absolute atomic E-state index is 0.0319. The summed E-state index contributed by atoms with van der Waals surface area (Å²) in [6, 6.07) is 14.5. The Labute approximate surface area is 152 Å². The van der Waals surface area contributed by atoms with Gasteiger partial charge in [0.2, 0.25) is 15.9 Å². The molecule has 7 heteroatoms. The van der Waals surface area contributed by atoms with Crippen LogP contribution in [0, 0.1) is 0 Å². The number of amides is 1. The number of carbonyl (C=O) groups excluding carboxylic acids is 1. The van der Waals surface area contributed by atoms with Crippen LogP contribution in [-0.2, 0) is 14.8 Å². The maximum Gasteiger partial charge on any atom is 0.241 e. The normalized spacial score (nSPS) is 15.6. The van der Waals surface area contributed by atoms with E-state index in [9.17, 15) is 13.2 Å². The monoisotopic (exact) mass is 378 g/mol. The zero-order valence-corrected chi connectivity index (χ0v) is 15.1. The van der Waals surface area contributed by atoms with Gasteiger partial charge in [0.15, 0.2) is 0 Å². The zero-order chi connectivity index (χ0) is 17.9. The molecule has 0 unspecified atom stereocenters. The van der Waals surface area contributed by atoms with Gasteiger partial charge in [-0.05, 0) is 42.7 Å². The van der Waals surface area contributed by atoms with Crippen molar-refractivity contribution >= 4 is 27.5 Å². The summed E-state index contributed by atoms with van der Waals surface area (Å²) in [5.41, 5.74) is 0.690. The lowest BCUT2D eigenvalue weighted by molar-refractivity contribution is -0.121. The van der Waals surface area contributed by atoms with Gasteiger partial charge in [0.1, 0.15) is 0 Å². The van der Waals surface area contributed by atoms with E-state index in [1.807, 2.05) is 0 Å². The lowest BCUT2D eigenvalue weighted by atomic mass is 10.0. The highest BCUT2D eigenvalue weighted by molar-refractivity contribution is 7.89. The van der Waals surface area contributed by atoms with Crippen LogP contribution in [0.1, 0.15) is 30.9 Å². The largest absolute Gasteiger partial charge is 0.353 e. The van der Waals surface area contributed by atoms with Gasteiger partial charge in [-0.1, -0.05) is 41.9 Å². The average Bonchev–Trinajstić information content (AvgIpc) is 3.39. The van der Waals surface area contributed by atoms with Gasteiger partial charge >= 0.3 is 0 Å². The maximum absolute atomic E-state index is 12.6. The van der Waals surface area contributed by atoms with Crippen molar-refractivity contribution in [2.75, 3.05) is 0 Å². The molecule has 1 aliphatic carbocycles. The third-order valence-electron chi connectivity index (χ3n) is 3.96. The van der Waals surface area contributed by atoms with E-state index in [4.69, 9.17) is 11.6 Å². The fraction of sp³-hybridized carbons (Fsp3) is 0.278. The summed E-state index contributed by atoms with van der Waals surface area (Å²) in [4.78, 5) is 12.4. The number of sulfonamides is 1. The molecule has 1 aliphatic rings. The number of rotatable bonds is 7. The highest BCUT2D eigenvalue weighted by Crippen LogP contribution is 2.24. The number of carbonyl (C=O) groups is 1. The van der Waals surface area contributed by atoms with E-state index in [2.05, 4.69) is 10.0 Å². The van der Waals surface area contributed by atoms with Crippen molar-refractivity contribution in [3.63, 3.8) is 0 Å². The molecule has 1 atom stereocenters. The van der Waals surface area contributed by atoms with Crippen molar-refractivity contribution in [1.82, 2.24) is 10.0 Å². The molecule has 0 aliphatic heterocycles. The second kappa shape index (κ2) is 7.56. The second-order valence-electron chi connectivity index (χ2n) is 6.08. The van der Waals surface area contributed by atoms with E-state index in [0.29, 0.717) is 10.6 Å². The topological polar surface area (TPSA) is 75.3 Å². The van der Waals surface area contributed by atoms with Crippen LogP contribution >= 0.6 is 11.6 Å². The summed E-state index contributed by atoms with van der Waals surface area (Å²) in [6.45, 7) is 0. The van der Waals surface area contributed by atoms with Crippen molar-refractivity contribution in [2.24, 2.45) is 0 Å². The average molecular weight is 379 g/mol. The van der Waals surface area contributed by atoms with Crippen molar-refractivity contribution in [2.45, 2.75) is 36.2 Å². The lowest BCUT2D eigenvalue weighted by Crippen LogP contribution is -2.34. The minimum Gasteiger partial charge on any atom is -0.353 e. The van der Waals surface area contributed by atoms with Crippen molar-refractivity contribution < 1.29 is 13.2 Å². The Balaban J connectivity index is 1.82. The molecule has 0 saturated heterocycles. The molecular weight excluding hydrogens is 360 g/mol. The van der Waals surface area contributed by atoms with E-state index in [1.54, 1.807) is 42.5 Å². The Hall–Kier alpha value is -1.89. The van der Waals surface area contributed by atoms with Gasteiger partial charge in [0, 0.05) is 17.5 Å². The number of halogens is 1. The van der Waals surface area contributed by atoms with Gasteiger partial charge in [0.25, 0.3) is 0 Å². The van der Waals surface area contributed by atoms with Crippen LogP contribution in [0.2, 0.25) is 5.02 Å². The standard InChI is InChI=1S/C18H19ClN2O3S/c19-14-8-6-13(7-9-14)17(12-18(22)20-15-10-11-15)21-25(23,24)16-4-2-1-3-5-16/h1-9,15,17,21H,10-12H2,(H,20,22)/t17-/m0/s1. The predicted molar refractivity (Wildman–Crippen MR) is 96.7 cm³/mol. The van der Waals surface area contributed by atoms with Crippen LogP contribution in [0.3, 0.4) is 0 Å². The Morgan fingerprint density at radius 1 is 1.08 bits per heavy atom. The third kappa shape index (κ3) is 5.04. The molecule has 3 rings (SSSR count). The summed E-state index contributed by atoms with van der Waals surface area (Å²) >= 11 is 5.91. The first-order valence-electron chi connectivity index (χ1n) is 8.06. The number of hydrogen-bond donors (Lipinski definition) is 2. The molecule has 2 N–H and O–H groups in total. The first-order valence-corrected chi connectivity index (χ1v) is 9.92.